The summed E-state index contributed by atoms with van der Waals surface area (Å²) in [5.74, 6) is 0.262. The third-order valence-electron chi connectivity index (χ3n) is 3.94. The van der Waals surface area contributed by atoms with E-state index >= 15 is 0 Å². The lowest BCUT2D eigenvalue weighted by Gasteiger charge is -2.41. The van der Waals surface area contributed by atoms with Gasteiger partial charge in [-0.1, -0.05) is 0 Å². The Bertz CT molecular complexity index is 292. The number of nitrogens with one attached hydrogen (secondary N) is 1. The van der Waals surface area contributed by atoms with E-state index in [1.165, 1.54) is 0 Å². The minimum Gasteiger partial charge on any atom is -0.376 e. The summed E-state index contributed by atoms with van der Waals surface area (Å²) in [5, 5.41) is 3.28. The summed E-state index contributed by atoms with van der Waals surface area (Å²) in [7, 11) is 0. The highest BCUT2D eigenvalue weighted by Crippen LogP contribution is 2.16. The smallest absolute Gasteiger partial charge is 0.239 e. The Morgan fingerprint density at radius 2 is 2.00 bits per heavy atom. The molecule has 0 radical (unpaired) electrons. The zero-order valence-electron chi connectivity index (χ0n) is 11.7. The summed E-state index contributed by atoms with van der Waals surface area (Å²) >= 11 is 0. The number of ether oxygens (including phenoxy) is 1. The molecule has 104 valence electrons. The topological polar surface area (TPSA) is 44.8 Å². The Morgan fingerprint density at radius 3 is 2.67 bits per heavy atom. The van der Waals surface area contributed by atoms with Gasteiger partial charge >= 0.3 is 0 Å². The van der Waals surface area contributed by atoms with Crippen LogP contribution < -0.4 is 5.32 Å². The van der Waals surface area contributed by atoms with E-state index in [0.717, 1.165) is 39.3 Å². The van der Waals surface area contributed by atoms with Gasteiger partial charge in [0.1, 0.15) is 0 Å². The number of piperazine rings is 1. The van der Waals surface area contributed by atoms with Crippen LogP contribution in [0.5, 0.6) is 0 Å². The fraction of sp³-hybridized carbons (Fsp3) is 0.923. The van der Waals surface area contributed by atoms with Crippen LogP contribution in [0.1, 0.15) is 20.8 Å². The molecule has 0 aliphatic carbocycles. The molecule has 3 atom stereocenters. The van der Waals surface area contributed by atoms with E-state index in [-0.39, 0.29) is 18.1 Å². The highest BCUT2D eigenvalue weighted by atomic mass is 16.5. The molecule has 3 unspecified atom stereocenters. The molecule has 2 aliphatic rings. The first-order valence-corrected chi connectivity index (χ1v) is 6.96. The summed E-state index contributed by atoms with van der Waals surface area (Å²) in [6.45, 7) is 11.3. The Morgan fingerprint density at radius 1 is 1.33 bits per heavy atom. The van der Waals surface area contributed by atoms with Crippen molar-refractivity contribution in [2.24, 2.45) is 0 Å². The maximum Gasteiger partial charge on any atom is 0.239 e. The minimum atomic E-state index is -0.0375. The molecular formula is C13H25N3O2. The molecule has 2 heterocycles. The van der Waals surface area contributed by atoms with E-state index in [9.17, 15) is 4.79 Å². The van der Waals surface area contributed by atoms with Crippen molar-refractivity contribution in [3.8, 4) is 0 Å². The van der Waals surface area contributed by atoms with Crippen molar-refractivity contribution in [2.75, 3.05) is 39.3 Å². The molecule has 1 amide bonds. The van der Waals surface area contributed by atoms with Crippen LogP contribution in [0.4, 0.5) is 0 Å². The Balaban J connectivity index is 1.95. The number of hydrogen-bond acceptors (Lipinski definition) is 4. The van der Waals surface area contributed by atoms with Crippen LogP contribution in [-0.2, 0) is 9.53 Å². The molecule has 1 N–H and O–H groups in total. The van der Waals surface area contributed by atoms with E-state index < -0.39 is 0 Å². The van der Waals surface area contributed by atoms with Crippen molar-refractivity contribution in [1.82, 2.24) is 15.1 Å². The molecule has 0 aromatic rings. The first kappa shape index (κ1) is 13.8. The van der Waals surface area contributed by atoms with Crippen molar-refractivity contribution in [1.29, 1.82) is 0 Å². The lowest BCUT2D eigenvalue weighted by atomic mass is 10.1. The number of rotatable bonds is 2. The molecule has 5 heteroatoms. The quantitative estimate of drug-likeness (QED) is 0.749. The van der Waals surface area contributed by atoms with Crippen LogP contribution in [0.15, 0.2) is 0 Å². The molecule has 2 saturated heterocycles. The monoisotopic (exact) mass is 255 g/mol. The average Bonchev–Trinajstić information content (AvgIpc) is 2.41. The predicted molar refractivity (Wildman–Crippen MR) is 70.5 cm³/mol. The number of hydrogen-bond donors (Lipinski definition) is 1. The Hall–Kier alpha value is -0.650. The minimum absolute atomic E-state index is 0.0375. The lowest BCUT2D eigenvalue weighted by molar-refractivity contribution is -0.142. The maximum absolute atomic E-state index is 12.5. The first-order valence-electron chi connectivity index (χ1n) is 6.96. The molecule has 2 fully saturated rings. The Labute approximate surface area is 109 Å². The fourth-order valence-corrected chi connectivity index (χ4v) is 2.76. The highest BCUT2D eigenvalue weighted by Gasteiger charge is 2.33. The second-order valence-electron chi connectivity index (χ2n) is 5.44. The number of morpholine rings is 1. The van der Waals surface area contributed by atoms with Crippen LogP contribution in [0, 0.1) is 0 Å². The van der Waals surface area contributed by atoms with Gasteiger partial charge in [0.25, 0.3) is 0 Å². The lowest BCUT2D eigenvalue weighted by Crippen LogP contribution is -2.58. The molecule has 2 rings (SSSR count). The van der Waals surface area contributed by atoms with Gasteiger partial charge in [0.2, 0.25) is 5.91 Å². The molecule has 5 nitrogen and oxygen atoms in total. The second-order valence-corrected chi connectivity index (χ2v) is 5.44. The van der Waals surface area contributed by atoms with E-state index in [1.807, 2.05) is 11.8 Å². The SMILES string of the molecule is CC1CN(C(C)C(=O)N2CCNCC2)C(C)CO1. The molecule has 0 bridgehead atoms. The third kappa shape index (κ3) is 3.02. The number of carbonyl (C=O) groups is 1. The summed E-state index contributed by atoms with van der Waals surface area (Å²) in [4.78, 5) is 16.7. The number of carbonyl (C=O) groups excluding carboxylic acids is 1. The predicted octanol–water partition coefficient (Wildman–Crippen LogP) is -0.0841. The molecule has 2 aliphatic heterocycles. The normalized spacial score (nSPS) is 32.3. The van der Waals surface area contributed by atoms with E-state index in [0.29, 0.717) is 6.04 Å². The van der Waals surface area contributed by atoms with Crippen molar-refractivity contribution >= 4 is 5.91 Å². The van der Waals surface area contributed by atoms with E-state index in [2.05, 4.69) is 24.1 Å². The van der Waals surface area contributed by atoms with E-state index in [1.54, 1.807) is 0 Å². The van der Waals surface area contributed by atoms with Crippen LogP contribution in [-0.4, -0.2) is 73.2 Å². The van der Waals surface area contributed by atoms with Crippen LogP contribution in [0.3, 0.4) is 0 Å². The highest BCUT2D eigenvalue weighted by molar-refractivity contribution is 5.81. The van der Waals surface area contributed by atoms with Crippen LogP contribution in [0.25, 0.3) is 0 Å². The molecule has 0 aromatic carbocycles. The van der Waals surface area contributed by atoms with Crippen molar-refractivity contribution in [2.45, 2.75) is 39.0 Å². The van der Waals surface area contributed by atoms with Gasteiger partial charge in [-0.15, -0.1) is 0 Å². The molecule has 0 aromatic heterocycles. The van der Waals surface area contributed by atoms with Gasteiger partial charge in [-0.2, -0.15) is 0 Å². The van der Waals surface area contributed by atoms with Gasteiger partial charge in [-0.05, 0) is 20.8 Å². The first-order chi connectivity index (χ1) is 8.59. The van der Waals surface area contributed by atoms with Crippen LogP contribution >= 0.6 is 0 Å². The van der Waals surface area contributed by atoms with Gasteiger partial charge in [-0.3, -0.25) is 9.69 Å². The van der Waals surface area contributed by atoms with E-state index in [4.69, 9.17) is 4.74 Å². The van der Waals surface area contributed by atoms with Gasteiger partial charge in [-0.25, -0.2) is 0 Å². The van der Waals surface area contributed by atoms with Gasteiger partial charge < -0.3 is 15.0 Å². The summed E-state index contributed by atoms with van der Waals surface area (Å²) in [5.41, 5.74) is 0. The third-order valence-corrected chi connectivity index (χ3v) is 3.94. The van der Waals surface area contributed by atoms with Crippen molar-refractivity contribution in [3.05, 3.63) is 0 Å². The zero-order chi connectivity index (χ0) is 13.1. The Kier molecular flexibility index (Phi) is 4.59. The summed E-state index contributed by atoms with van der Waals surface area (Å²) < 4.78 is 5.62. The number of amides is 1. The summed E-state index contributed by atoms with van der Waals surface area (Å²) in [6.07, 6.45) is 0.222. The summed E-state index contributed by atoms with van der Waals surface area (Å²) in [6, 6.07) is 0.285. The molecular weight excluding hydrogens is 230 g/mol. The molecule has 0 spiro atoms. The van der Waals surface area contributed by atoms with Crippen molar-refractivity contribution < 1.29 is 9.53 Å². The van der Waals surface area contributed by atoms with Gasteiger partial charge in [0.05, 0.1) is 18.8 Å². The van der Waals surface area contributed by atoms with Gasteiger partial charge in [0, 0.05) is 38.8 Å². The average molecular weight is 255 g/mol. The van der Waals surface area contributed by atoms with Gasteiger partial charge in [0.15, 0.2) is 0 Å². The largest absolute Gasteiger partial charge is 0.376 e. The number of nitrogens with zero attached hydrogens (tertiary/aromatic N) is 2. The standard InChI is InChI=1S/C13H25N3O2/c1-10-9-18-11(2)8-16(10)12(3)13(17)15-6-4-14-5-7-15/h10-12,14H,4-9H2,1-3H3. The molecule has 18 heavy (non-hydrogen) atoms. The maximum atomic E-state index is 12.5. The molecule has 0 saturated carbocycles. The van der Waals surface area contributed by atoms with Crippen LogP contribution in [0.2, 0.25) is 0 Å². The fourth-order valence-electron chi connectivity index (χ4n) is 2.76. The van der Waals surface area contributed by atoms with Crippen molar-refractivity contribution in [3.63, 3.8) is 0 Å². The zero-order valence-corrected chi connectivity index (χ0v) is 11.7. The second kappa shape index (κ2) is 5.99.